The van der Waals surface area contributed by atoms with Crippen molar-refractivity contribution in [2.75, 3.05) is 24.7 Å². The van der Waals surface area contributed by atoms with Gasteiger partial charge in [-0.15, -0.1) is 0 Å². The van der Waals surface area contributed by atoms with Crippen molar-refractivity contribution in [3.8, 4) is 11.5 Å². The number of carbonyl (C=O) groups is 1. The summed E-state index contributed by atoms with van der Waals surface area (Å²) in [5, 5.41) is 0. The second-order valence-electron chi connectivity index (χ2n) is 4.31. The Bertz CT molecular complexity index is 577. The van der Waals surface area contributed by atoms with E-state index in [1.165, 1.54) is 0 Å². The molecule has 1 aliphatic heterocycles. The van der Waals surface area contributed by atoms with E-state index in [0.29, 0.717) is 30.1 Å². The number of hydrogen-bond donors (Lipinski definition) is 0. The van der Waals surface area contributed by atoms with Gasteiger partial charge in [-0.2, -0.15) is 0 Å². The van der Waals surface area contributed by atoms with Gasteiger partial charge < -0.3 is 9.47 Å². The van der Waals surface area contributed by atoms with Crippen molar-refractivity contribution in [2.45, 2.75) is 13.3 Å². The van der Waals surface area contributed by atoms with Crippen molar-refractivity contribution in [1.29, 1.82) is 0 Å². The van der Waals surface area contributed by atoms with Gasteiger partial charge in [-0.1, -0.05) is 6.92 Å². The lowest BCUT2D eigenvalue weighted by Gasteiger charge is -2.07. The maximum absolute atomic E-state index is 11.3. The molecule has 1 aromatic carbocycles. The average molecular weight is 284 g/mol. The van der Waals surface area contributed by atoms with Gasteiger partial charge in [0.2, 0.25) is 5.78 Å². The zero-order chi connectivity index (χ0) is 13.9. The van der Waals surface area contributed by atoms with Crippen molar-refractivity contribution in [3.63, 3.8) is 0 Å². The number of benzene rings is 1. The summed E-state index contributed by atoms with van der Waals surface area (Å²) in [5.74, 6) is 1.37. The van der Waals surface area contributed by atoms with Gasteiger partial charge in [0.05, 0.1) is 17.9 Å². The molecule has 0 amide bonds. The van der Waals surface area contributed by atoms with E-state index in [0.717, 1.165) is 0 Å². The van der Waals surface area contributed by atoms with E-state index >= 15 is 0 Å². The SMILES string of the molecule is CCS(=O)(=O)CCCOc1ccc2c(c1)OCC2=O. The molecular weight excluding hydrogens is 268 g/mol. The normalized spacial score (nSPS) is 14.1. The van der Waals surface area contributed by atoms with Crippen molar-refractivity contribution < 1.29 is 22.7 Å². The molecule has 19 heavy (non-hydrogen) atoms. The minimum Gasteiger partial charge on any atom is -0.493 e. The van der Waals surface area contributed by atoms with Gasteiger partial charge in [0.15, 0.2) is 6.61 Å². The number of sulfone groups is 1. The fraction of sp³-hybridized carbons (Fsp3) is 0.462. The predicted octanol–water partition coefficient (Wildman–Crippen LogP) is 1.47. The van der Waals surface area contributed by atoms with Crippen molar-refractivity contribution in [2.24, 2.45) is 0 Å². The van der Waals surface area contributed by atoms with E-state index in [1.807, 2.05) is 0 Å². The van der Waals surface area contributed by atoms with Crippen molar-refractivity contribution in [1.82, 2.24) is 0 Å². The highest BCUT2D eigenvalue weighted by atomic mass is 32.2. The van der Waals surface area contributed by atoms with E-state index in [9.17, 15) is 13.2 Å². The molecule has 0 radical (unpaired) electrons. The minimum absolute atomic E-state index is 0.0319. The van der Waals surface area contributed by atoms with Gasteiger partial charge in [0.25, 0.3) is 0 Å². The van der Waals surface area contributed by atoms with Crippen LogP contribution in [-0.4, -0.2) is 38.9 Å². The Morgan fingerprint density at radius 3 is 2.89 bits per heavy atom. The number of ether oxygens (including phenoxy) is 2. The van der Waals surface area contributed by atoms with Crippen LogP contribution in [0, 0.1) is 0 Å². The highest BCUT2D eigenvalue weighted by Gasteiger charge is 2.21. The predicted molar refractivity (Wildman–Crippen MR) is 70.7 cm³/mol. The number of carbonyl (C=O) groups excluding carboxylic acids is 1. The van der Waals surface area contributed by atoms with Gasteiger partial charge in [0, 0.05) is 11.8 Å². The second-order valence-corrected chi connectivity index (χ2v) is 6.78. The van der Waals surface area contributed by atoms with Crippen molar-refractivity contribution in [3.05, 3.63) is 23.8 Å². The summed E-state index contributed by atoms with van der Waals surface area (Å²) < 4.78 is 33.2. The zero-order valence-corrected chi connectivity index (χ0v) is 11.5. The Hall–Kier alpha value is -1.56. The molecule has 0 spiro atoms. The highest BCUT2D eigenvalue weighted by molar-refractivity contribution is 7.91. The Balaban J connectivity index is 1.86. The third kappa shape index (κ3) is 3.47. The summed E-state index contributed by atoms with van der Waals surface area (Å²) in [6.07, 6.45) is 0.451. The fourth-order valence-corrected chi connectivity index (χ4v) is 2.62. The van der Waals surface area contributed by atoms with Crippen LogP contribution in [0.5, 0.6) is 11.5 Å². The first-order valence-corrected chi connectivity index (χ1v) is 7.97. The van der Waals surface area contributed by atoms with Crippen LogP contribution in [0.3, 0.4) is 0 Å². The molecule has 5 nitrogen and oxygen atoms in total. The van der Waals surface area contributed by atoms with Gasteiger partial charge in [-0.05, 0) is 18.6 Å². The summed E-state index contributed by atoms with van der Waals surface area (Å²) in [6.45, 7) is 2.03. The van der Waals surface area contributed by atoms with Gasteiger partial charge in [0.1, 0.15) is 21.3 Å². The second kappa shape index (κ2) is 5.61. The Morgan fingerprint density at radius 1 is 1.37 bits per heavy atom. The van der Waals surface area contributed by atoms with E-state index < -0.39 is 9.84 Å². The van der Waals surface area contributed by atoms with Crippen LogP contribution < -0.4 is 9.47 Å². The molecule has 0 saturated heterocycles. The number of hydrogen-bond acceptors (Lipinski definition) is 5. The molecule has 0 unspecified atom stereocenters. The van der Waals surface area contributed by atoms with Crippen LogP contribution in [0.15, 0.2) is 18.2 Å². The Morgan fingerprint density at radius 2 is 2.16 bits per heavy atom. The third-order valence-electron chi connectivity index (χ3n) is 2.92. The van der Waals surface area contributed by atoms with Crippen LogP contribution in [0.25, 0.3) is 0 Å². The molecule has 0 saturated carbocycles. The first-order chi connectivity index (χ1) is 9.02. The lowest BCUT2D eigenvalue weighted by molar-refractivity contribution is 0.0961. The summed E-state index contributed by atoms with van der Waals surface area (Å²) in [4.78, 5) is 11.3. The molecule has 0 bridgehead atoms. The molecular formula is C13H16O5S. The maximum atomic E-state index is 11.3. The molecule has 1 aromatic rings. The van der Waals surface area contributed by atoms with Crippen LogP contribution in [-0.2, 0) is 9.84 Å². The maximum Gasteiger partial charge on any atom is 0.203 e. The van der Waals surface area contributed by atoms with E-state index in [2.05, 4.69) is 0 Å². The van der Waals surface area contributed by atoms with E-state index in [1.54, 1.807) is 25.1 Å². The monoisotopic (exact) mass is 284 g/mol. The topological polar surface area (TPSA) is 69.7 Å². The number of Topliss-reactive ketones (excluding diaryl/α,β-unsaturated/α-hetero) is 1. The van der Waals surface area contributed by atoms with Crippen molar-refractivity contribution >= 4 is 15.6 Å². The van der Waals surface area contributed by atoms with Gasteiger partial charge in [-0.25, -0.2) is 8.42 Å². The third-order valence-corrected chi connectivity index (χ3v) is 4.71. The number of ketones is 1. The molecule has 0 N–H and O–H groups in total. The Labute approximate surface area is 112 Å². The lowest BCUT2D eigenvalue weighted by atomic mass is 10.1. The van der Waals surface area contributed by atoms with Gasteiger partial charge >= 0.3 is 0 Å². The molecule has 104 valence electrons. The first kappa shape index (κ1) is 13.9. The summed E-state index contributed by atoms with van der Waals surface area (Å²) >= 11 is 0. The molecule has 0 aliphatic carbocycles. The summed E-state index contributed by atoms with van der Waals surface area (Å²) in [5.41, 5.74) is 0.570. The molecule has 1 aliphatic rings. The molecule has 0 atom stereocenters. The largest absolute Gasteiger partial charge is 0.493 e. The first-order valence-electron chi connectivity index (χ1n) is 6.15. The Kier molecular flexibility index (Phi) is 4.09. The lowest BCUT2D eigenvalue weighted by Crippen LogP contribution is -2.11. The smallest absolute Gasteiger partial charge is 0.203 e. The quantitative estimate of drug-likeness (QED) is 0.740. The van der Waals surface area contributed by atoms with Crippen LogP contribution in [0.1, 0.15) is 23.7 Å². The van der Waals surface area contributed by atoms with Gasteiger partial charge in [-0.3, -0.25) is 4.79 Å². The number of fused-ring (bicyclic) bond motifs is 1. The molecule has 2 rings (SSSR count). The summed E-state index contributed by atoms with van der Waals surface area (Å²) in [7, 11) is -2.94. The molecule has 1 heterocycles. The minimum atomic E-state index is -2.94. The molecule has 6 heteroatoms. The van der Waals surface area contributed by atoms with Crippen LogP contribution in [0.4, 0.5) is 0 Å². The number of rotatable bonds is 6. The van der Waals surface area contributed by atoms with Crippen LogP contribution >= 0.6 is 0 Å². The average Bonchev–Trinajstić information content (AvgIpc) is 2.76. The van der Waals surface area contributed by atoms with E-state index in [-0.39, 0.29) is 23.9 Å². The van der Waals surface area contributed by atoms with E-state index in [4.69, 9.17) is 9.47 Å². The van der Waals surface area contributed by atoms with Crippen LogP contribution in [0.2, 0.25) is 0 Å². The fourth-order valence-electron chi connectivity index (χ4n) is 1.78. The standard InChI is InChI=1S/C13H16O5S/c1-2-19(15,16)7-3-6-17-10-4-5-11-12(14)9-18-13(11)8-10/h4-5,8H,2-3,6-7,9H2,1H3. The zero-order valence-electron chi connectivity index (χ0n) is 10.7. The molecule has 0 aromatic heterocycles. The summed E-state index contributed by atoms with van der Waals surface area (Å²) in [6, 6.07) is 5.02. The highest BCUT2D eigenvalue weighted by Crippen LogP contribution is 2.29. The molecule has 0 fully saturated rings.